The van der Waals surface area contributed by atoms with Crippen molar-refractivity contribution in [2.75, 3.05) is 36.0 Å². The second-order valence-electron chi connectivity index (χ2n) is 5.50. The molecule has 23 heavy (non-hydrogen) atoms. The van der Waals surface area contributed by atoms with Gasteiger partial charge in [-0.3, -0.25) is 9.97 Å². The van der Waals surface area contributed by atoms with Crippen LogP contribution in [0.5, 0.6) is 0 Å². The lowest BCUT2D eigenvalue weighted by molar-refractivity contribution is 0.637. The molecule has 1 saturated heterocycles. The summed E-state index contributed by atoms with van der Waals surface area (Å²) in [5, 5.41) is 4.47. The van der Waals surface area contributed by atoms with Gasteiger partial charge in [0.2, 0.25) is 0 Å². The topological polar surface area (TPSA) is 62.5 Å². The predicted octanol–water partition coefficient (Wildman–Crippen LogP) is 1.92. The highest BCUT2D eigenvalue weighted by Crippen LogP contribution is 2.26. The third kappa shape index (κ3) is 2.63. The largest absolute Gasteiger partial charge is 0.367 e. The fourth-order valence-corrected chi connectivity index (χ4v) is 3.43. The Labute approximate surface area is 142 Å². The van der Waals surface area contributed by atoms with Crippen LogP contribution < -0.4 is 9.80 Å². The lowest BCUT2D eigenvalue weighted by Crippen LogP contribution is -2.47. The molecule has 4 rings (SSSR count). The van der Waals surface area contributed by atoms with Crippen LogP contribution in [0.25, 0.3) is 5.65 Å². The van der Waals surface area contributed by atoms with Crippen LogP contribution in [0.2, 0.25) is 0 Å². The van der Waals surface area contributed by atoms with E-state index in [1.807, 2.05) is 36.1 Å². The molecule has 4 heterocycles. The standard InChI is InChI=1S/C15H16BrN7/c1-11-19-14-9-18-10-15(23(14)20-11)22-6-4-21(5-7-22)13-2-3-17-8-12(13)16/h2-3,8-10H,4-7H2,1H3. The molecule has 0 radical (unpaired) electrons. The Morgan fingerprint density at radius 1 is 1.00 bits per heavy atom. The van der Waals surface area contributed by atoms with E-state index in [-0.39, 0.29) is 0 Å². The van der Waals surface area contributed by atoms with Crippen LogP contribution >= 0.6 is 15.9 Å². The number of rotatable bonds is 2. The number of pyridine rings is 1. The first kappa shape index (κ1) is 14.4. The molecule has 0 saturated carbocycles. The first-order valence-corrected chi connectivity index (χ1v) is 8.28. The maximum atomic E-state index is 4.47. The SMILES string of the molecule is Cc1nc2cncc(N3CCN(c4ccncc4Br)CC3)n2n1. The number of aryl methyl sites for hydroxylation is 1. The van der Waals surface area contributed by atoms with E-state index in [9.17, 15) is 0 Å². The van der Waals surface area contributed by atoms with Gasteiger partial charge in [0.05, 0.1) is 22.6 Å². The molecular formula is C15H16BrN7. The molecule has 0 amide bonds. The van der Waals surface area contributed by atoms with Crippen molar-refractivity contribution in [1.82, 2.24) is 24.6 Å². The highest BCUT2D eigenvalue weighted by Gasteiger charge is 2.21. The first-order valence-electron chi connectivity index (χ1n) is 7.49. The number of aromatic nitrogens is 5. The van der Waals surface area contributed by atoms with E-state index in [1.165, 1.54) is 5.69 Å². The lowest BCUT2D eigenvalue weighted by atomic mass is 10.2. The molecule has 1 aliphatic heterocycles. The molecule has 7 nitrogen and oxygen atoms in total. The van der Waals surface area contributed by atoms with Crippen molar-refractivity contribution >= 4 is 33.1 Å². The van der Waals surface area contributed by atoms with E-state index in [2.05, 4.69) is 45.8 Å². The average Bonchev–Trinajstić information content (AvgIpc) is 2.96. The Bertz CT molecular complexity index is 839. The van der Waals surface area contributed by atoms with Gasteiger partial charge in [0.1, 0.15) is 5.82 Å². The number of anilines is 2. The summed E-state index contributed by atoms with van der Waals surface area (Å²) in [6, 6.07) is 2.04. The molecule has 0 spiro atoms. The van der Waals surface area contributed by atoms with Gasteiger partial charge < -0.3 is 9.80 Å². The smallest absolute Gasteiger partial charge is 0.176 e. The molecule has 0 atom stereocenters. The molecular weight excluding hydrogens is 358 g/mol. The molecule has 3 aromatic heterocycles. The zero-order valence-corrected chi connectivity index (χ0v) is 14.3. The van der Waals surface area contributed by atoms with E-state index < -0.39 is 0 Å². The Balaban J connectivity index is 1.56. The summed E-state index contributed by atoms with van der Waals surface area (Å²) in [5.74, 6) is 1.76. The highest BCUT2D eigenvalue weighted by atomic mass is 79.9. The summed E-state index contributed by atoms with van der Waals surface area (Å²) < 4.78 is 2.91. The van der Waals surface area contributed by atoms with Gasteiger partial charge in [0, 0.05) is 38.6 Å². The monoisotopic (exact) mass is 373 g/mol. The highest BCUT2D eigenvalue weighted by molar-refractivity contribution is 9.10. The zero-order chi connectivity index (χ0) is 15.8. The average molecular weight is 374 g/mol. The van der Waals surface area contributed by atoms with E-state index in [4.69, 9.17) is 0 Å². The minimum Gasteiger partial charge on any atom is -0.367 e. The lowest BCUT2D eigenvalue weighted by Gasteiger charge is -2.37. The Morgan fingerprint density at radius 2 is 1.78 bits per heavy atom. The van der Waals surface area contributed by atoms with Crippen LogP contribution in [0.1, 0.15) is 5.82 Å². The normalized spacial score (nSPS) is 15.4. The third-order valence-electron chi connectivity index (χ3n) is 4.03. The summed E-state index contributed by atoms with van der Waals surface area (Å²) in [6.07, 6.45) is 7.27. The van der Waals surface area contributed by atoms with Gasteiger partial charge in [-0.25, -0.2) is 4.98 Å². The van der Waals surface area contributed by atoms with Crippen LogP contribution in [0.3, 0.4) is 0 Å². The fraction of sp³-hybridized carbons (Fsp3) is 0.333. The molecule has 118 valence electrons. The fourth-order valence-electron chi connectivity index (χ4n) is 2.93. The molecule has 1 fully saturated rings. The van der Waals surface area contributed by atoms with E-state index in [0.29, 0.717) is 0 Å². The van der Waals surface area contributed by atoms with Gasteiger partial charge in [0.25, 0.3) is 0 Å². The minimum atomic E-state index is 0.763. The van der Waals surface area contributed by atoms with Gasteiger partial charge in [-0.15, -0.1) is 5.10 Å². The molecule has 0 aromatic carbocycles. The maximum Gasteiger partial charge on any atom is 0.176 e. The quantitative estimate of drug-likeness (QED) is 0.683. The van der Waals surface area contributed by atoms with Crippen LogP contribution in [0, 0.1) is 6.92 Å². The number of hydrogen-bond donors (Lipinski definition) is 0. The molecule has 1 aliphatic rings. The van der Waals surface area contributed by atoms with E-state index in [0.717, 1.165) is 47.9 Å². The van der Waals surface area contributed by atoms with E-state index >= 15 is 0 Å². The molecule has 0 unspecified atom stereocenters. The number of hydrogen-bond acceptors (Lipinski definition) is 6. The van der Waals surface area contributed by atoms with Crippen LogP contribution in [0.15, 0.2) is 35.3 Å². The van der Waals surface area contributed by atoms with Crippen molar-refractivity contribution in [1.29, 1.82) is 0 Å². The van der Waals surface area contributed by atoms with Crippen molar-refractivity contribution < 1.29 is 0 Å². The van der Waals surface area contributed by atoms with Crippen LogP contribution in [-0.2, 0) is 0 Å². The zero-order valence-electron chi connectivity index (χ0n) is 12.7. The van der Waals surface area contributed by atoms with Gasteiger partial charge in [-0.05, 0) is 28.9 Å². The summed E-state index contributed by atoms with van der Waals surface area (Å²) in [5.41, 5.74) is 1.98. The molecule has 8 heteroatoms. The van der Waals surface area contributed by atoms with Crippen LogP contribution in [-0.4, -0.2) is 50.7 Å². The Hall–Kier alpha value is -2.22. The summed E-state index contributed by atoms with van der Waals surface area (Å²) in [7, 11) is 0. The van der Waals surface area contributed by atoms with Crippen molar-refractivity contribution in [2.45, 2.75) is 6.92 Å². The number of fused-ring (bicyclic) bond motifs is 1. The number of piperazine rings is 1. The van der Waals surface area contributed by atoms with Gasteiger partial charge in [-0.2, -0.15) is 4.52 Å². The maximum absolute atomic E-state index is 4.47. The number of nitrogens with zero attached hydrogens (tertiary/aromatic N) is 7. The molecule has 0 bridgehead atoms. The molecule has 0 aliphatic carbocycles. The van der Waals surface area contributed by atoms with Crippen molar-refractivity contribution in [3.8, 4) is 0 Å². The molecule has 3 aromatic rings. The second-order valence-corrected chi connectivity index (χ2v) is 6.35. The molecule has 0 N–H and O–H groups in total. The van der Waals surface area contributed by atoms with Crippen LogP contribution in [0.4, 0.5) is 11.5 Å². The summed E-state index contributed by atoms with van der Waals surface area (Å²) >= 11 is 3.58. The van der Waals surface area contributed by atoms with E-state index in [1.54, 1.807) is 6.20 Å². The van der Waals surface area contributed by atoms with Gasteiger partial charge >= 0.3 is 0 Å². The number of halogens is 1. The second kappa shape index (κ2) is 5.77. The van der Waals surface area contributed by atoms with Gasteiger partial charge in [-0.1, -0.05) is 0 Å². The van der Waals surface area contributed by atoms with Crippen molar-refractivity contribution in [2.24, 2.45) is 0 Å². The summed E-state index contributed by atoms with van der Waals surface area (Å²) in [6.45, 7) is 5.60. The minimum absolute atomic E-state index is 0.763. The summed E-state index contributed by atoms with van der Waals surface area (Å²) in [4.78, 5) is 17.5. The van der Waals surface area contributed by atoms with Crippen molar-refractivity contribution in [3.63, 3.8) is 0 Å². The third-order valence-corrected chi connectivity index (χ3v) is 4.64. The van der Waals surface area contributed by atoms with Crippen molar-refractivity contribution in [3.05, 3.63) is 41.2 Å². The Kier molecular flexibility index (Phi) is 3.60. The Morgan fingerprint density at radius 3 is 2.57 bits per heavy atom. The van der Waals surface area contributed by atoms with Gasteiger partial charge in [0.15, 0.2) is 11.5 Å². The predicted molar refractivity (Wildman–Crippen MR) is 91.9 cm³/mol. The first-order chi connectivity index (χ1) is 11.2.